The average molecular weight is 185 g/mol. The predicted molar refractivity (Wildman–Crippen MR) is 53.5 cm³/mol. The van der Waals surface area contributed by atoms with Gasteiger partial charge in [-0.05, 0) is 33.7 Å². The number of nitrogens with one attached hydrogen (secondary N) is 1. The maximum absolute atomic E-state index is 10.6. The monoisotopic (exact) mass is 185 g/mol. The van der Waals surface area contributed by atoms with Gasteiger partial charge in [0.2, 0.25) is 0 Å². The van der Waals surface area contributed by atoms with Gasteiger partial charge in [0.25, 0.3) is 0 Å². The molecule has 0 heterocycles. The molecule has 0 aliphatic heterocycles. The summed E-state index contributed by atoms with van der Waals surface area (Å²) in [6.45, 7) is 7.20. The highest BCUT2D eigenvalue weighted by atomic mass is 16.5. The van der Waals surface area contributed by atoms with Crippen LogP contribution in [-0.4, -0.2) is 25.2 Å². The molecule has 0 bridgehead atoms. The quantitative estimate of drug-likeness (QED) is 0.410. The Morgan fingerprint density at radius 2 is 2.08 bits per heavy atom. The van der Waals surface area contributed by atoms with Crippen molar-refractivity contribution in [2.45, 2.75) is 32.7 Å². The lowest BCUT2D eigenvalue weighted by Crippen LogP contribution is -2.36. The van der Waals surface area contributed by atoms with Crippen LogP contribution in [0.25, 0.3) is 0 Å². The molecular formula is C10H19NO2. The van der Waals surface area contributed by atoms with E-state index in [0.29, 0.717) is 0 Å². The summed E-state index contributed by atoms with van der Waals surface area (Å²) < 4.78 is 4.45. The van der Waals surface area contributed by atoms with E-state index in [-0.39, 0.29) is 11.5 Å². The Morgan fingerprint density at radius 3 is 2.54 bits per heavy atom. The van der Waals surface area contributed by atoms with Crippen LogP contribution in [0.5, 0.6) is 0 Å². The third-order valence-electron chi connectivity index (χ3n) is 1.42. The summed E-state index contributed by atoms with van der Waals surface area (Å²) in [6.07, 6.45) is 4.10. The minimum atomic E-state index is -0.296. The Kier molecular flexibility index (Phi) is 5.39. The largest absolute Gasteiger partial charge is 0.466 e. The second-order valence-corrected chi connectivity index (χ2v) is 3.89. The van der Waals surface area contributed by atoms with Gasteiger partial charge in [-0.25, -0.2) is 4.79 Å². The van der Waals surface area contributed by atoms with E-state index >= 15 is 0 Å². The number of methoxy groups -OCH3 is 1. The smallest absolute Gasteiger partial charge is 0.330 e. The summed E-state index contributed by atoms with van der Waals surface area (Å²) >= 11 is 0. The number of ether oxygens (including phenoxy) is 1. The molecule has 0 aliphatic rings. The zero-order valence-corrected chi connectivity index (χ0v) is 8.89. The van der Waals surface area contributed by atoms with Crippen LogP contribution in [0, 0.1) is 0 Å². The van der Waals surface area contributed by atoms with Gasteiger partial charge in [-0.1, -0.05) is 6.08 Å². The molecule has 76 valence electrons. The van der Waals surface area contributed by atoms with Crippen molar-refractivity contribution in [3.05, 3.63) is 12.2 Å². The van der Waals surface area contributed by atoms with Crippen molar-refractivity contribution >= 4 is 5.97 Å². The molecule has 0 saturated carbocycles. The molecule has 13 heavy (non-hydrogen) atoms. The van der Waals surface area contributed by atoms with Crippen LogP contribution in [0.2, 0.25) is 0 Å². The fourth-order valence-electron chi connectivity index (χ4n) is 0.778. The minimum absolute atomic E-state index is 0.138. The lowest BCUT2D eigenvalue weighted by molar-refractivity contribution is -0.134. The van der Waals surface area contributed by atoms with Gasteiger partial charge in [0.1, 0.15) is 0 Å². The minimum Gasteiger partial charge on any atom is -0.466 e. The highest BCUT2D eigenvalue weighted by Crippen LogP contribution is 1.98. The maximum atomic E-state index is 10.6. The fraction of sp³-hybridized carbons (Fsp3) is 0.700. The summed E-state index contributed by atoms with van der Waals surface area (Å²) in [7, 11) is 1.38. The molecule has 0 aliphatic carbocycles. The zero-order valence-electron chi connectivity index (χ0n) is 8.89. The van der Waals surface area contributed by atoms with E-state index in [1.54, 1.807) is 0 Å². The molecule has 0 saturated heterocycles. The Balaban J connectivity index is 3.46. The molecule has 0 radical (unpaired) electrons. The molecule has 0 aromatic carbocycles. The van der Waals surface area contributed by atoms with Gasteiger partial charge >= 0.3 is 5.97 Å². The van der Waals surface area contributed by atoms with Gasteiger partial charge in [0.05, 0.1) is 7.11 Å². The average Bonchev–Trinajstić information content (AvgIpc) is 2.01. The van der Waals surface area contributed by atoms with Crippen LogP contribution in [0.1, 0.15) is 27.2 Å². The van der Waals surface area contributed by atoms with Crippen LogP contribution in [-0.2, 0) is 9.53 Å². The first kappa shape index (κ1) is 12.2. The number of carbonyl (C=O) groups excluding carboxylic acids is 1. The van der Waals surface area contributed by atoms with Crippen molar-refractivity contribution in [1.82, 2.24) is 5.32 Å². The lowest BCUT2D eigenvalue weighted by atomic mass is 10.1. The van der Waals surface area contributed by atoms with Crippen molar-refractivity contribution in [1.29, 1.82) is 0 Å². The van der Waals surface area contributed by atoms with Crippen molar-refractivity contribution < 1.29 is 9.53 Å². The molecule has 3 nitrogen and oxygen atoms in total. The second kappa shape index (κ2) is 5.75. The first-order valence-electron chi connectivity index (χ1n) is 4.45. The SMILES string of the molecule is COC(=O)C=CCCNC(C)(C)C. The highest BCUT2D eigenvalue weighted by Gasteiger charge is 2.06. The van der Waals surface area contributed by atoms with E-state index in [0.717, 1.165) is 13.0 Å². The van der Waals surface area contributed by atoms with Crippen molar-refractivity contribution in [2.24, 2.45) is 0 Å². The van der Waals surface area contributed by atoms with Crippen molar-refractivity contribution in [3.8, 4) is 0 Å². The number of hydrogen-bond acceptors (Lipinski definition) is 3. The summed E-state index contributed by atoms with van der Waals surface area (Å²) in [5.74, 6) is -0.296. The first-order valence-corrected chi connectivity index (χ1v) is 4.45. The molecule has 0 unspecified atom stereocenters. The van der Waals surface area contributed by atoms with Crippen molar-refractivity contribution in [3.63, 3.8) is 0 Å². The molecule has 0 aromatic heterocycles. The molecule has 0 aromatic rings. The third-order valence-corrected chi connectivity index (χ3v) is 1.42. The van der Waals surface area contributed by atoms with Gasteiger partial charge in [0.15, 0.2) is 0 Å². The van der Waals surface area contributed by atoms with E-state index in [9.17, 15) is 4.79 Å². The third kappa shape index (κ3) is 9.08. The summed E-state index contributed by atoms with van der Waals surface area (Å²) in [5.41, 5.74) is 0.138. The van der Waals surface area contributed by atoms with Crippen LogP contribution in [0.15, 0.2) is 12.2 Å². The fourth-order valence-corrected chi connectivity index (χ4v) is 0.778. The molecule has 0 rings (SSSR count). The number of esters is 1. The molecule has 0 spiro atoms. The van der Waals surface area contributed by atoms with E-state index in [2.05, 4.69) is 30.8 Å². The Labute approximate surface area is 80.2 Å². The number of hydrogen-bond donors (Lipinski definition) is 1. The first-order chi connectivity index (χ1) is 5.95. The normalized spacial score (nSPS) is 12.0. The van der Waals surface area contributed by atoms with Crippen LogP contribution in [0.3, 0.4) is 0 Å². The summed E-state index contributed by atoms with van der Waals surface area (Å²) in [6, 6.07) is 0. The highest BCUT2D eigenvalue weighted by molar-refractivity contribution is 5.81. The predicted octanol–water partition coefficient (Wildman–Crippen LogP) is 1.49. The molecule has 0 fully saturated rings. The van der Waals surface area contributed by atoms with Crippen LogP contribution < -0.4 is 5.32 Å². The molecule has 1 N–H and O–H groups in total. The molecule has 3 heteroatoms. The summed E-state index contributed by atoms with van der Waals surface area (Å²) in [5, 5.41) is 3.31. The Hall–Kier alpha value is -0.830. The van der Waals surface area contributed by atoms with E-state index in [1.807, 2.05) is 6.08 Å². The molecule has 0 amide bonds. The molecular weight excluding hydrogens is 166 g/mol. The van der Waals surface area contributed by atoms with Gasteiger partial charge in [0, 0.05) is 11.6 Å². The Morgan fingerprint density at radius 1 is 1.46 bits per heavy atom. The lowest BCUT2D eigenvalue weighted by Gasteiger charge is -2.19. The van der Waals surface area contributed by atoms with Gasteiger partial charge in [-0.2, -0.15) is 0 Å². The number of rotatable bonds is 4. The van der Waals surface area contributed by atoms with Crippen LogP contribution >= 0.6 is 0 Å². The maximum Gasteiger partial charge on any atom is 0.330 e. The van der Waals surface area contributed by atoms with Gasteiger partial charge in [-0.15, -0.1) is 0 Å². The van der Waals surface area contributed by atoms with E-state index in [4.69, 9.17) is 0 Å². The topological polar surface area (TPSA) is 38.3 Å². The van der Waals surface area contributed by atoms with Gasteiger partial charge in [-0.3, -0.25) is 0 Å². The second-order valence-electron chi connectivity index (χ2n) is 3.89. The van der Waals surface area contributed by atoms with Gasteiger partial charge < -0.3 is 10.1 Å². The summed E-state index contributed by atoms with van der Waals surface area (Å²) in [4.78, 5) is 10.6. The van der Waals surface area contributed by atoms with E-state index < -0.39 is 0 Å². The number of carbonyl (C=O) groups is 1. The standard InChI is InChI=1S/C10H19NO2/c1-10(2,3)11-8-6-5-7-9(12)13-4/h5,7,11H,6,8H2,1-4H3. The van der Waals surface area contributed by atoms with Crippen LogP contribution in [0.4, 0.5) is 0 Å². The van der Waals surface area contributed by atoms with E-state index in [1.165, 1.54) is 13.2 Å². The Bertz CT molecular complexity index is 180. The molecule has 0 atom stereocenters. The zero-order chi connectivity index (χ0) is 10.3. The van der Waals surface area contributed by atoms with Crippen molar-refractivity contribution in [2.75, 3.05) is 13.7 Å².